The molecule has 0 aliphatic carbocycles. The number of sulfonamides is 1. The zero-order valence-corrected chi connectivity index (χ0v) is 20.3. The van der Waals surface area contributed by atoms with Crippen LogP contribution in [0.4, 0.5) is 15.8 Å². The van der Waals surface area contributed by atoms with Gasteiger partial charge in [-0.15, -0.1) is 0 Å². The standard InChI is InChI=1S/C26H28FN3O3S/c1-18-14-19(2)16-22(15-18)28-34(32,33)25-17-21(9-8-20(25)3)26(31)30-12-10-29(11-13-30)24-7-5-4-6-23(24)27/h4-9,14-17,28H,10-13H2,1-3H3. The molecule has 4 rings (SSSR count). The number of nitrogens with one attached hydrogen (secondary N) is 1. The van der Waals surface area contributed by atoms with Gasteiger partial charge in [0.05, 0.1) is 10.6 Å². The Bertz CT molecular complexity index is 1310. The molecule has 1 saturated heterocycles. The van der Waals surface area contributed by atoms with Crippen LogP contribution in [0.25, 0.3) is 0 Å². The van der Waals surface area contributed by atoms with Crippen molar-refractivity contribution in [2.45, 2.75) is 25.7 Å². The van der Waals surface area contributed by atoms with Gasteiger partial charge in [0.1, 0.15) is 5.82 Å². The van der Waals surface area contributed by atoms with E-state index in [4.69, 9.17) is 0 Å². The molecule has 0 radical (unpaired) electrons. The number of para-hydroxylation sites is 1. The number of anilines is 2. The van der Waals surface area contributed by atoms with E-state index in [1.807, 2.05) is 24.8 Å². The Morgan fingerprint density at radius 1 is 0.882 bits per heavy atom. The summed E-state index contributed by atoms with van der Waals surface area (Å²) >= 11 is 0. The molecular formula is C26H28FN3O3S. The molecule has 0 spiro atoms. The Kier molecular flexibility index (Phi) is 6.61. The second-order valence-electron chi connectivity index (χ2n) is 8.69. The van der Waals surface area contributed by atoms with Crippen LogP contribution in [0.3, 0.4) is 0 Å². The summed E-state index contributed by atoms with van der Waals surface area (Å²) in [5.41, 5.74) is 3.78. The maximum absolute atomic E-state index is 14.1. The molecule has 1 amide bonds. The predicted molar refractivity (Wildman–Crippen MR) is 132 cm³/mol. The molecule has 1 fully saturated rings. The van der Waals surface area contributed by atoms with Gasteiger partial charge in [-0.1, -0.05) is 24.3 Å². The maximum atomic E-state index is 14.1. The van der Waals surface area contributed by atoms with E-state index in [1.54, 1.807) is 54.3 Å². The summed E-state index contributed by atoms with van der Waals surface area (Å²) < 4.78 is 43.0. The molecule has 0 atom stereocenters. The SMILES string of the molecule is Cc1cc(C)cc(NS(=O)(=O)c2cc(C(=O)N3CCN(c4ccccc4F)CC3)ccc2C)c1. The Balaban J connectivity index is 1.51. The van der Waals surface area contributed by atoms with Crippen molar-refractivity contribution in [2.75, 3.05) is 35.8 Å². The zero-order chi connectivity index (χ0) is 24.5. The second kappa shape index (κ2) is 9.46. The van der Waals surface area contributed by atoms with Crippen molar-refractivity contribution >= 4 is 27.3 Å². The number of piperazine rings is 1. The van der Waals surface area contributed by atoms with Crippen molar-refractivity contribution in [3.05, 3.63) is 88.7 Å². The average molecular weight is 482 g/mol. The Morgan fingerprint density at radius 2 is 1.53 bits per heavy atom. The number of amides is 1. The molecule has 3 aromatic rings. The summed E-state index contributed by atoms with van der Waals surface area (Å²) in [5.74, 6) is -0.525. The van der Waals surface area contributed by atoms with E-state index < -0.39 is 10.0 Å². The molecule has 8 heteroatoms. The highest BCUT2D eigenvalue weighted by atomic mass is 32.2. The van der Waals surface area contributed by atoms with E-state index in [2.05, 4.69) is 4.72 Å². The Morgan fingerprint density at radius 3 is 2.18 bits per heavy atom. The minimum Gasteiger partial charge on any atom is -0.366 e. The Labute approximate surface area is 200 Å². The molecule has 0 aromatic heterocycles. The van der Waals surface area contributed by atoms with E-state index in [-0.39, 0.29) is 16.6 Å². The average Bonchev–Trinajstić information content (AvgIpc) is 2.78. The third-order valence-electron chi connectivity index (χ3n) is 5.96. The summed E-state index contributed by atoms with van der Waals surface area (Å²) in [7, 11) is -3.88. The molecule has 3 aromatic carbocycles. The van der Waals surface area contributed by atoms with Crippen LogP contribution in [0.5, 0.6) is 0 Å². The summed E-state index contributed by atoms with van der Waals surface area (Å²) in [6.45, 7) is 7.35. The van der Waals surface area contributed by atoms with Crippen LogP contribution in [0.2, 0.25) is 0 Å². The van der Waals surface area contributed by atoms with Gasteiger partial charge in [0.15, 0.2) is 0 Å². The topological polar surface area (TPSA) is 69.7 Å². The van der Waals surface area contributed by atoms with Crippen LogP contribution in [0, 0.1) is 26.6 Å². The minimum absolute atomic E-state index is 0.0718. The molecule has 34 heavy (non-hydrogen) atoms. The number of hydrogen-bond donors (Lipinski definition) is 1. The summed E-state index contributed by atoms with van der Waals surface area (Å²) in [4.78, 5) is 16.8. The van der Waals surface area contributed by atoms with Crippen molar-refractivity contribution in [3.63, 3.8) is 0 Å². The Hall–Kier alpha value is -3.39. The highest BCUT2D eigenvalue weighted by Gasteiger charge is 2.25. The van der Waals surface area contributed by atoms with E-state index >= 15 is 0 Å². The molecule has 0 saturated carbocycles. The number of nitrogens with zero attached hydrogens (tertiary/aromatic N) is 2. The first-order valence-electron chi connectivity index (χ1n) is 11.1. The number of halogens is 1. The fraction of sp³-hybridized carbons (Fsp3) is 0.269. The highest BCUT2D eigenvalue weighted by Crippen LogP contribution is 2.24. The van der Waals surface area contributed by atoms with Crippen molar-refractivity contribution in [1.82, 2.24) is 4.90 Å². The van der Waals surface area contributed by atoms with E-state index in [1.165, 1.54) is 12.1 Å². The van der Waals surface area contributed by atoms with E-state index in [9.17, 15) is 17.6 Å². The summed E-state index contributed by atoms with van der Waals surface area (Å²) in [5, 5.41) is 0. The van der Waals surface area contributed by atoms with Gasteiger partial charge in [-0.25, -0.2) is 12.8 Å². The fourth-order valence-corrected chi connectivity index (χ4v) is 5.62. The number of benzene rings is 3. The lowest BCUT2D eigenvalue weighted by atomic mass is 10.1. The zero-order valence-electron chi connectivity index (χ0n) is 19.5. The molecule has 1 N–H and O–H groups in total. The van der Waals surface area contributed by atoms with Crippen molar-refractivity contribution in [3.8, 4) is 0 Å². The number of carbonyl (C=O) groups excluding carboxylic acids is 1. The van der Waals surface area contributed by atoms with Gasteiger partial charge in [0.2, 0.25) is 0 Å². The van der Waals surface area contributed by atoms with Gasteiger partial charge in [-0.3, -0.25) is 9.52 Å². The van der Waals surface area contributed by atoms with Crippen LogP contribution in [0.1, 0.15) is 27.0 Å². The monoisotopic (exact) mass is 481 g/mol. The van der Waals surface area contributed by atoms with Crippen LogP contribution < -0.4 is 9.62 Å². The maximum Gasteiger partial charge on any atom is 0.262 e. The van der Waals surface area contributed by atoms with Gasteiger partial charge in [0, 0.05) is 37.4 Å². The summed E-state index contributed by atoms with van der Waals surface area (Å²) in [6, 6.07) is 16.8. The molecule has 1 heterocycles. The predicted octanol–water partition coefficient (Wildman–Crippen LogP) is 4.51. The third-order valence-corrected chi connectivity index (χ3v) is 7.48. The van der Waals surface area contributed by atoms with Crippen molar-refractivity contribution in [1.29, 1.82) is 0 Å². The van der Waals surface area contributed by atoms with Crippen LogP contribution >= 0.6 is 0 Å². The summed E-state index contributed by atoms with van der Waals surface area (Å²) in [6.07, 6.45) is 0. The van der Waals surface area contributed by atoms with Crippen LogP contribution in [-0.2, 0) is 10.0 Å². The number of rotatable bonds is 5. The second-order valence-corrected chi connectivity index (χ2v) is 10.3. The van der Waals surface area contributed by atoms with Gasteiger partial charge in [-0.2, -0.15) is 0 Å². The van der Waals surface area contributed by atoms with Gasteiger partial charge in [-0.05, 0) is 73.9 Å². The molecule has 1 aliphatic rings. The van der Waals surface area contributed by atoms with E-state index in [0.717, 1.165) is 11.1 Å². The van der Waals surface area contributed by atoms with Gasteiger partial charge in [0.25, 0.3) is 15.9 Å². The normalized spacial score (nSPS) is 14.2. The highest BCUT2D eigenvalue weighted by molar-refractivity contribution is 7.92. The molecule has 1 aliphatic heterocycles. The molecule has 0 unspecified atom stereocenters. The lowest BCUT2D eigenvalue weighted by Gasteiger charge is -2.36. The first kappa shape index (κ1) is 23.8. The van der Waals surface area contributed by atoms with Gasteiger partial charge >= 0.3 is 0 Å². The van der Waals surface area contributed by atoms with E-state index in [0.29, 0.717) is 48.7 Å². The molecular weight excluding hydrogens is 453 g/mol. The minimum atomic E-state index is -3.88. The molecule has 178 valence electrons. The smallest absolute Gasteiger partial charge is 0.262 e. The van der Waals surface area contributed by atoms with Gasteiger partial charge < -0.3 is 9.80 Å². The lowest BCUT2D eigenvalue weighted by Crippen LogP contribution is -2.49. The lowest BCUT2D eigenvalue weighted by molar-refractivity contribution is 0.0746. The van der Waals surface area contributed by atoms with Crippen LogP contribution in [-0.4, -0.2) is 45.4 Å². The molecule has 6 nitrogen and oxygen atoms in total. The third kappa shape index (κ3) is 5.07. The van der Waals surface area contributed by atoms with Crippen molar-refractivity contribution in [2.24, 2.45) is 0 Å². The first-order valence-corrected chi connectivity index (χ1v) is 12.6. The first-order chi connectivity index (χ1) is 16.1. The van der Waals surface area contributed by atoms with Crippen molar-refractivity contribution < 1.29 is 17.6 Å². The largest absolute Gasteiger partial charge is 0.366 e. The molecule has 0 bridgehead atoms. The fourth-order valence-electron chi connectivity index (χ4n) is 4.31. The quantitative estimate of drug-likeness (QED) is 0.582. The number of aryl methyl sites for hydroxylation is 3. The number of hydrogen-bond acceptors (Lipinski definition) is 4. The number of carbonyl (C=O) groups is 1. The van der Waals surface area contributed by atoms with Crippen LogP contribution in [0.15, 0.2) is 65.6 Å².